The number of nitrogens with one attached hydrogen (secondary N) is 2. The van der Waals surface area contributed by atoms with Crippen molar-refractivity contribution < 1.29 is 28.7 Å². The molecule has 1 saturated heterocycles. The van der Waals surface area contributed by atoms with Crippen LogP contribution in [0.2, 0.25) is 0 Å². The van der Waals surface area contributed by atoms with Gasteiger partial charge in [-0.15, -0.1) is 23.1 Å². The third kappa shape index (κ3) is 9.52. The summed E-state index contributed by atoms with van der Waals surface area (Å²) in [6.07, 6.45) is 6.99. The Morgan fingerprint density at radius 1 is 0.871 bits per heavy atom. The van der Waals surface area contributed by atoms with Crippen LogP contribution in [0.4, 0.5) is 11.9 Å². The van der Waals surface area contributed by atoms with E-state index in [1.807, 2.05) is 55.2 Å². The second-order valence-electron chi connectivity index (χ2n) is 14.6. The minimum Gasteiger partial charge on any atom is -0.491 e. The van der Waals surface area contributed by atoms with E-state index in [1.165, 1.54) is 23.1 Å². The summed E-state index contributed by atoms with van der Waals surface area (Å²) < 4.78 is 17.2. The van der Waals surface area contributed by atoms with Gasteiger partial charge < -0.3 is 30.1 Å². The van der Waals surface area contributed by atoms with Gasteiger partial charge in [-0.1, -0.05) is 19.1 Å². The number of morpholine rings is 1. The van der Waals surface area contributed by atoms with Crippen molar-refractivity contribution in [2.24, 2.45) is 11.5 Å². The van der Waals surface area contributed by atoms with E-state index < -0.39 is 17.7 Å². The smallest absolute Gasteiger partial charge is 0.276 e. The quantitative estimate of drug-likeness (QED) is 0.0507. The standard InChI is InChI=1S/C42H50N12O6S2/c1-6-28-36(62-25(4)45-28)40(58)49-42-46-29-20-26(37(43)55)22-32(60-16-10-11-51-14-17-59-18-15-51)34(29)52(42)12-8-9-13-53-35-30(21-27(38(44)56)23-33(35)61-5)47-41(53)48-39(57)31-19-24(3)50-54(31)7-2/h8-9,19-23H,6-7,10-18H2,1-5H3,(H2,43,55)(H2,44,56)(H,46,49,58)(H,47,48,57)/b9-8+. The molecule has 7 rings (SSSR count). The van der Waals surface area contributed by atoms with Gasteiger partial charge in [-0.05, 0) is 70.2 Å². The van der Waals surface area contributed by atoms with E-state index in [2.05, 4.69) is 25.6 Å². The van der Waals surface area contributed by atoms with Crippen molar-refractivity contribution >= 4 is 80.7 Å². The highest BCUT2D eigenvalue weighted by Gasteiger charge is 2.24. The minimum atomic E-state index is -0.643. The van der Waals surface area contributed by atoms with Crippen molar-refractivity contribution in [1.82, 2.24) is 38.8 Å². The molecule has 18 nitrogen and oxygen atoms in total. The fourth-order valence-corrected chi connectivity index (χ4v) is 8.95. The number of nitrogens with two attached hydrogens (primary N) is 2. The molecule has 4 aromatic heterocycles. The Morgan fingerprint density at radius 2 is 1.50 bits per heavy atom. The van der Waals surface area contributed by atoms with Crippen LogP contribution in [0.5, 0.6) is 5.75 Å². The number of primary amides is 2. The maximum absolute atomic E-state index is 13.9. The molecular formula is C42H50N12O6S2. The average molecular weight is 883 g/mol. The molecule has 1 aliphatic rings. The number of aromatic nitrogens is 7. The van der Waals surface area contributed by atoms with Gasteiger partial charge in [0.25, 0.3) is 11.8 Å². The lowest BCUT2D eigenvalue weighted by atomic mass is 10.1. The first-order valence-corrected chi connectivity index (χ1v) is 22.4. The number of carbonyl (C=O) groups is 4. The second kappa shape index (κ2) is 19.3. The summed E-state index contributed by atoms with van der Waals surface area (Å²) in [6.45, 7) is 12.7. The predicted molar refractivity (Wildman–Crippen MR) is 240 cm³/mol. The number of anilines is 2. The lowest BCUT2D eigenvalue weighted by Crippen LogP contribution is -2.37. The zero-order chi connectivity index (χ0) is 44.1. The Labute approximate surface area is 366 Å². The molecule has 326 valence electrons. The van der Waals surface area contributed by atoms with Gasteiger partial charge in [-0.3, -0.25) is 39.4 Å². The number of benzene rings is 2. The molecular weight excluding hydrogens is 833 g/mol. The molecule has 0 radical (unpaired) electrons. The number of thiazole rings is 1. The Hall–Kier alpha value is -6.09. The van der Waals surface area contributed by atoms with E-state index in [1.54, 1.807) is 35.0 Å². The molecule has 5 heterocycles. The topological polar surface area (TPSA) is 232 Å². The van der Waals surface area contributed by atoms with Crippen molar-refractivity contribution in [3.63, 3.8) is 0 Å². The van der Waals surface area contributed by atoms with Gasteiger partial charge in [0.2, 0.25) is 23.7 Å². The van der Waals surface area contributed by atoms with E-state index in [0.717, 1.165) is 36.0 Å². The molecule has 1 fully saturated rings. The number of amides is 4. The molecule has 0 atom stereocenters. The van der Waals surface area contributed by atoms with E-state index in [-0.39, 0.29) is 36.5 Å². The van der Waals surface area contributed by atoms with Gasteiger partial charge in [0.15, 0.2) is 0 Å². The largest absolute Gasteiger partial charge is 0.491 e. The maximum atomic E-state index is 13.9. The third-order valence-corrected chi connectivity index (χ3v) is 12.1. The van der Waals surface area contributed by atoms with Gasteiger partial charge in [0, 0.05) is 55.3 Å². The van der Waals surface area contributed by atoms with Crippen molar-refractivity contribution in [1.29, 1.82) is 0 Å². The maximum Gasteiger partial charge on any atom is 0.276 e. The number of aryl methyl sites for hydroxylation is 4. The van der Waals surface area contributed by atoms with Crippen LogP contribution in [0, 0.1) is 13.8 Å². The highest BCUT2D eigenvalue weighted by atomic mass is 32.2. The fourth-order valence-electron chi connectivity index (χ4n) is 7.39. The molecule has 4 amide bonds. The molecule has 6 aromatic rings. The van der Waals surface area contributed by atoms with Gasteiger partial charge >= 0.3 is 0 Å². The number of imidazole rings is 2. The summed E-state index contributed by atoms with van der Waals surface area (Å²) in [5, 5.41) is 11.2. The van der Waals surface area contributed by atoms with Crippen molar-refractivity contribution in [3.05, 3.63) is 80.6 Å². The zero-order valence-corrected chi connectivity index (χ0v) is 37.0. The van der Waals surface area contributed by atoms with Gasteiger partial charge in [-0.2, -0.15) is 5.10 Å². The molecule has 0 aliphatic carbocycles. The van der Waals surface area contributed by atoms with Crippen molar-refractivity contribution in [2.75, 3.05) is 56.3 Å². The minimum absolute atomic E-state index is 0.207. The first kappa shape index (κ1) is 44.0. The van der Waals surface area contributed by atoms with E-state index in [4.69, 9.17) is 30.9 Å². The van der Waals surface area contributed by atoms with E-state index in [9.17, 15) is 19.2 Å². The van der Waals surface area contributed by atoms with Crippen molar-refractivity contribution in [2.45, 2.75) is 65.1 Å². The summed E-state index contributed by atoms with van der Waals surface area (Å²) >= 11 is 2.72. The summed E-state index contributed by atoms with van der Waals surface area (Å²) in [4.78, 5) is 70.1. The molecule has 0 unspecified atom stereocenters. The fraction of sp³-hybridized carbons (Fsp3) is 0.381. The van der Waals surface area contributed by atoms with Gasteiger partial charge in [0.05, 0.1) is 52.8 Å². The Morgan fingerprint density at radius 3 is 2.13 bits per heavy atom. The van der Waals surface area contributed by atoms with E-state index in [0.29, 0.717) is 88.1 Å². The molecule has 62 heavy (non-hydrogen) atoms. The zero-order valence-electron chi connectivity index (χ0n) is 35.3. The number of hydrogen-bond acceptors (Lipinski definition) is 13. The number of allylic oxidation sites excluding steroid dienone is 2. The Kier molecular flexibility index (Phi) is 13.7. The number of ether oxygens (including phenoxy) is 2. The first-order chi connectivity index (χ1) is 29.9. The van der Waals surface area contributed by atoms with Crippen LogP contribution in [0.1, 0.15) is 77.5 Å². The summed E-state index contributed by atoms with van der Waals surface area (Å²) in [6, 6.07) is 8.23. The molecule has 0 saturated carbocycles. The molecule has 1 aliphatic heterocycles. The van der Waals surface area contributed by atoms with Crippen LogP contribution in [-0.4, -0.2) is 108 Å². The van der Waals surface area contributed by atoms with Crippen LogP contribution in [-0.2, 0) is 30.8 Å². The molecule has 0 spiro atoms. The number of carbonyl (C=O) groups excluding carboxylic acids is 4. The van der Waals surface area contributed by atoms with Crippen molar-refractivity contribution in [3.8, 4) is 5.75 Å². The van der Waals surface area contributed by atoms with Crippen LogP contribution in [0.25, 0.3) is 22.1 Å². The summed E-state index contributed by atoms with van der Waals surface area (Å²) in [5.41, 5.74) is 15.9. The van der Waals surface area contributed by atoms with E-state index >= 15 is 0 Å². The number of rotatable bonds is 18. The molecule has 6 N–H and O–H groups in total. The van der Waals surface area contributed by atoms with Crippen LogP contribution >= 0.6 is 23.1 Å². The normalized spacial score (nSPS) is 13.4. The summed E-state index contributed by atoms with van der Waals surface area (Å²) in [7, 11) is 0. The lowest BCUT2D eigenvalue weighted by molar-refractivity contribution is 0.0358. The van der Waals surface area contributed by atoms with Crippen LogP contribution in [0.15, 0.2) is 47.4 Å². The monoisotopic (exact) mass is 882 g/mol. The number of hydrogen-bond donors (Lipinski definition) is 4. The van der Waals surface area contributed by atoms with Gasteiger partial charge in [-0.25, -0.2) is 15.0 Å². The first-order valence-electron chi connectivity index (χ1n) is 20.3. The third-order valence-electron chi connectivity index (χ3n) is 10.4. The van der Waals surface area contributed by atoms with Gasteiger partial charge in [0.1, 0.15) is 21.8 Å². The second-order valence-corrected chi connectivity index (χ2v) is 16.6. The average Bonchev–Trinajstić information content (AvgIpc) is 4.03. The summed E-state index contributed by atoms with van der Waals surface area (Å²) in [5.74, 6) is -1.11. The van der Waals surface area contributed by atoms with Crippen LogP contribution < -0.4 is 26.8 Å². The highest BCUT2D eigenvalue weighted by Crippen LogP contribution is 2.33. The highest BCUT2D eigenvalue weighted by molar-refractivity contribution is 7.98. The Bertz CT molecular complexity index is 2690. The number of nitrogens with zero attached hydrogens (tertiary/aromatic N) is 8. The lowest BCUT2D eigenvalue weighted by Gasteiger charge is -2.26. The Balaban J connectivity index is 1.25. The number of fused-ring (bicyclic) bond motifs is 2. The molecule has 20 heteroatoms. The SMILES string of the molecule is CCc1nc(C)sc1C(=O)Nc1nc2cc(C(N)=O)cc(OCCCN3CCOCC3)c2n1C/C=C/Cn1c(NC(=O)c2cc(C)nn2CC)nc2cc(C(N)=O)cc(SC)c21. The molecule has 0 bridgehead atoms. The number of thioether (sulfide) groups is 1. The molecule has 2 aromatic carbocycles. The van der Waals surface area contributed by atoms with Crippen LogP contribution in [0.3, 0.4) is 0 Å². The predicted octanol–water partition coefficient (Wildman–Crippen LogP) is 5.02.